The number of aromatic amines is 1. The molecule has 10 heteroatoms. The number of hydrogen-bond donors (Lipinski definition) is 3. The number of H-pyrrole nitrogens is 1. The molecule has 0 radical (unpaired) electrons. The maximum absolute atomic E-state index is 12.3. The van der Waals surface area contributed by atoms with Crippen LogP contribution in [0, 0.1) is 0 Å². The zero-order valence-corrected chi connectivity index (χ0v) is 14.3. The van der Waals surface area contributed by atoms with E-state index in [1.807, 2.05) is 11.0 Å². The molecule has 0 aromatic carbocycles. The van der Waals surface area contributed by atoms with Crippen molar-refractivity contribution < 1.29 is 19.4 Å². The van der Waals surface area contributed by atoms with E-state index in [0.717, 1.165) is 5.39 Å². The lowest BCUT2D eigenvalue weighted by molar-refractivity contribution is -0.128. The lowest BCUT2D eigenvalue weighted by Crippen LogP contribution is -2.46. The van der Waals surface area contributed by atoms with Crippen molar-refractivity contribution in [2.45, 2.75) is 6.17 Å². The van der Waals surface area contributed by atoms with E-state index in [4.69, 9.17) is 10.5 Å². The van der Waals surface area contributed by atoms with Crippen LogP contribution in [-0.4, -0.2) is 67.9 Å². The molecule has 0 bridgehead atoms. The predicted molar refractivity (Wildman–Crippen MR) is 94.9 cm³/mol. The van der Waals surface area contributed by atoms with Crippen LogP contribution in [0.1, 0.15) is 16.5 Å². The van der Waals surface area contributed by atoms with Gasteiger partial charge in [0.2, 0.25) is 0 Å². The number of aromatic nitrogens is 4. The minimum atomic E-state index is -1.10. The summed E-state index contributed by atoms with van der Waals surface area (Å²) in [6.07, 6.45) is 2.20. The molecule has 1 aliphatic heterocycles. The first-order chi connectivity index (χ1) is 13.1. The Bertz CT molecular complexity index is 1000. The van der Waals surface area contributed by atoms with Crippen molar-refractivity contribution in [3.8, 4) is 11.4 Å². The smallest absolute Gasteiger partial charge is 0.337 e. The zero-order valence-electron chi connectivity index (χ0n) is 14.3. The number of fused-ring (bicyclic) bond motifs is 1. The molecule has 27 heavy (non-hydrogen) atoms. The third-order valence-electron chi connectivity index (χ3n) is 4.58. The van der Waals surface area contributed by atoms with Crippen molar-refractivity contribution in [1.29, 1.82) is 0 Å². The average Bonchev–Trinajstić information content (AvgIpc) is 3.27. The molecule has 1 unspecified atom stereocenters. The van der Waals surface area contributed by atoms with Gasteiger partial charge >= 0.3 is 5.97 Å². The lowest BCUT2D eigenvalue weighted by atomic mass is 10.2. The van der Waals surface area contributed by atoms with E-state index in [9.17, 15) is 14.7 Å². The third kappa shape index (κ3) is 3.04. The minimum absolute atomic E-state index is 0.0459. The summed E-state index contributed by atoms with van der Waals surface area (Å²) in [7, 11) is 0. The number of pyridine rings is 1. The SMILES string of the molecule is NC(=O)C(N1CCOCC1)n1cc(C(=O)O)cc1-c1n[nH]c2ncccc12. The summed E-state index contributed by atoms with van der Waals surface area (Å²) in [5, 5.41) is 17.3. The van der Waals surface area contributed by atoms with Gasteiger partial charge < -0.3 is 20.1 Å². The zero-order chi connectivity index (χ0) is 19.0. The van der Waals surface area contributed by atoms with Crippen molar-refractivity contribution in [2.24, 2.45) is 5.73 Å². The Labute approximate surface area is 153 Å². The molecule has 1 fully saturated rings. The molecule has 3 aromatic heterocycles. The largest absolute Gasteiger partial charge is 0.478 e. The number of rotatable bonds is 5. The Morgan fingerprint density at radius 3 is 2.81 bits per heavy atom. The number of primary amides is 1. The quantitative estimate of drug-likeness (QED) is 0.592. The van der Waals surface area contributed by atoms with E-state index in [2.05, 4.69) is 15.2 Å². The first kappa shape index (κ1) is 17.2. The number of nitrogens with zero attached hydrogens (tertiary/aromatic N) is 4. The van der Waals surface area contributed by atoms with Crippen LogP contribution in [0.4, 0.5) is 0 Å². The van der Waals surface area contributed by atoms with Gasteiger partial charge in [0.15, 0.2) is 11.8 Å². The maximum atomic E-state index is 12.3. The van der Waals surface area contributed by atoms with Crippen LogP contribution in [0.3, 0.4) is 0 Å². The average molecular weight is 370 g/mol. The van der Waals surface area contributed by atoms with Crippen LogP contribution in [0.25, 0.3) is 22.4 Å². The number of amides is 1. The molecule has 0 saturated carbocycles. The molecule has 0 spiro atoms. The monoisotopic (exact) mass is 370 g/mol. The van der Waals surface area contributed by atoms with Gasteiger partial charge in [0.25, 0.3) is 5.91 Å². The standard InChI is InChI=1S/C17H18N6O4/c18-14(24)16(22-4-6-27-7-5-22)23-9-10(17(25)26)8-12(23)13-11-2-1-3-19-15(11)21-20-13/h1-3,8-9,16H,4-7H2,(H2,18,24)(H,25,26)(H,19,20,21). The van der Waals surface area contributed by atoms with Crippen molar-refractivity contribution >= 4 is 22.9 Å². The number of nitrogens with two attached hydrogens (primary N) is 1. The molecule has 3 aromatic rings. The highest BCUT2D eigenvalue weighted by Crippen LogP contribution is 2.31. The second-order valence-electron chi connectivity index (χ2n) is 6.22. The van der Waals surface area contributed by atoms with Gasteiger partial charge in [0.05, 0.1) is 24.5 Å². The van der Waals surface area contributed by atoms with Gasteiger partial charge in [-0.05, 0) is 18.2 Å². The fraction of sp³-hybridized carbons (Fsp3) is 0.294. The fourth-order valence-corrected chi connectivity index (χ4v) is 3.35. The van der Waals surface area contributed by atoms with Crippen LogP contribution in [0.5, 0.6) is 0 Å². The van der Waals surface area contributed by atoms with Crippen molar-refractivity contribution in [1.82, 2.24) is 24.6 Å². The minimum Gasteiger partial charge on any atom is -0.478 e. The number of carboxylic acid groups (broad SMARTS) is 1. The number of hydrogen-bond acceptors (Lipinski definition) is 6. The number of carbonyl (C=O) groups is 2. The van der Waals surface area contributed by atoms with Crippen LogP contribution >= 0.6 is 0 Å². The van der Waals surface area contributed by atoms with E-state index in [1.54, 1.807) is 16.8 Å². The Kier molecular flexibility index (Phi) is 4.34. The van der Waals surface area contributed by atoms with Gasteiger partial charge in [0.1, 0.15) is 5.69 Å². The van der Waals surface area contributed by atoms with Gasteiger partial charge in [0, 0.05) is 30.9 Å². The molecule has 1 amide bonds. The molecule has 1 aliphatic rings. The number of carboxylic acids is 1. The first-order valence-corrected chi connectivity index (χ1v) is 8.42. The van der Waals surface area contributed by atoms with Gasteiger partial charge in [-0.25, -0.2) is 9.78 Å². The molecule has 1 saturated heterocycles. The van der Waals surface area contributed by atoms with Gasteiger partial charge in [-0.3, -0.25) is 14.8 Å². The molecular formula is C17H18N6O4. The van der Waals surface area contributed by atoms with Crippen LogP contribution < -0.4 is 5.73 Å². The summed E-state index contributed by atoms with van der Waals surface area (Å²) in [6, 6.07) is 5.08. The van der Waals surface area contributed by atoms with E-state index >= 15 is 0 Å². The van der Waals surface area contributed by atoms with E-state index in [1.165, 1.54) is 12.3 Å². The van der Waals surface area contributed by atoms with E-state index in [0.29, 0.717) is 43.3 Å². The number of morpholine rings is 1. The highest BCUT2D eigenvalue weighted by Gasteiger charge is 2.31. The molecule has 140 valence electrons. The fourth-order valence-electron chi connectivity index (χ4n) is 3.35. The highest BCUT2D eigenvalue weighted by molar-refractivity contribution is 5.94. The predicted octanol–water partition coefficient (Wildman–Crippen LogP) is 0.441. The summed E-state index contributed by atoms with van der Waals surface area (Å²) in [6.45, 7) is 1.97. The van der Waals surface area contributed by atoms with Crippen LogP contribution in [0.15, 0.2) is 30.6 Å². The summed E-state index contributed by atoms with van der Waals surface area (Å²) in [5.41, 5.74) is 7.28. The molecule has 4 rings (SSSR count). The van der Waals surface area contributed by atoms with Crippen molar-refractivity contribution in [2.75, 3.05) is 26.3 Å². The second kappa shape index (κ2) is 6.82. The summed E-state index contributed by atoms with van der Waals surface area (Å²) in [4.78, 5) is 29.9. The molecule has 10 nitrogen and oxygen atoms in total. The summed E-state index contributed by atoms with van der Waals surface area (Å²) >= 11 is 0. The molecule has 1 atom stereocenters. The van der Waals surface area contributed by atoms with E-state index < -0.39 is 18.0 Å². The number of ether oxygens (including phenoxy) is 1. The lowest BCUT2D eigenvalue weighted by Gasteiger charge is -2.34. The van der Waals surface area contributed by atoms with Crippen molar-refractivity contribution in [3.05, 3.63) is 36.2 Å². The number of aromatic carboxylic acids is 1. The third-order valence-corrected chi connectivity index (χ3v) is 4.58. The maximum Gasteiger partial charge on any atom is 0.337 e. The molecular weight excluding hydrogens is 352 g/mol. The summed E-state index contributed by atoms with van der Waals surface area (Å²) in [5.74, 6) is -1.68. The summed E-state index contributed by atoms with van der Waals surface area (Å²) < 4.78 is 6.92. The van der Waals surface area contributed by atoms with E-state index in [-0.39, 0.29) is 5.56 Å². The highest BCUT2D eigenvalue weighted by atomic mass is 16.5. The van der Waals surface area contributed by atoms with Gasteiger partial charge in [-0.2, -0.15) is 5.10 Å². The second-order valence-corrected chi connectivity index (χ2v) is 6.22. The van der Waals surface area contributed by atoms with Crippen LogP contribution in [-0.2, 0) is 9.53 Å². The molecule has 0 aliphatic carbocycles. The Morgan fingerprint density at radius 2 is 2.11 bits per heavy atom. The Hall–Kier alpha value is -3.24. The van der Waals surface area contributed by atoms with Crippen molar-refractivity contribution in [3.63, 3.8) is 0 Å². The normalized spacial score (nSPS) is 16.4. The van der Waals surface area contributed by atoms with Gasteiger partial charge in [-0.15, -0.1) is 0 Å². The number of nitrogens with one attached hydrogen (secondary N) is 1. The first-order valence-electron chi connectivity index (χ1n) is 8.42. The Balaban J connectivity index is 1.88. The molecule has 4 N–H and O–H groups in total. The molecule has 4 heterocycles. The topological polar surface area (TPSA) is 139 Å². The van der Waals surface area contributed by atoms with Crippen LogP contribution in [0.2, 0.25) is 0 Å². The Morgan fingerprint density at radius 1 is 1.33 bits per heavy atom. The number of carbonyl (C=O) groups excluding carboxylic acids is 1. The van der Waals surface area contributed by atoms with Gasteiger partial charge in [-0.1, -0.05) is 0 Å².